The quantitative estimate of drug-likeness (QED) is 0.490. The van der Waals surface area contributed by atoms with Gasteiger partial charge < -0.3 is 20.1 Å². The number of aliphatic hydroxyl groups is 1. The monoisotopic (exact) mass is 218 g/mol. The summed E-state index contributed by atoms with van der Waals surface area (Å²) in [6.45, 7) is 10.9. The first-order valence-electron chi connectivity index (χ1n) is 5.96. The minimum absolute atomic E-state index is 0.111. The second kappa shape index (κ2) is 11.9. The van der Waals surface area contributed by atoms with Crippen molar-refractivity contribution in [2.24, 2.45) is 0 Å². The van der Waals surface area contributed by atoms with Gasteiger partial charge in [-0.25, -0.2) is 0 Å². The van der Waals surface area contributed by atoms with Gasteiger partial charge in [0.25, 0.3) is 0 Å². The van der Waals surface area contributed by atoms with E-state index < -0.39 is 0 Å². The molecule has 0 aliphatic rings. The van der Waals surface area contributed by atoms with Crippen molar-refractivity contribution < 1.29 is 9.84 Å². The van der Waals surface area contributed by atoms with Gasteiger partial charge in [0.15, 0.2) is 0 Å². The first kappa shape index (κ1) is 14.8. The first-order valence-corrected chi connectivity index (χ1v) is 5.96. The van der Waals surface area contributed by atoms with E-state index in [1.165, 1.54) is 13.0 Å². The molecule has 0 heterocycles. The Morgan fingerprint density at radius 1 is 1.13 bits per heavy atom. The predicted octanol–water partition coefficient (Wildman–Crippen LogP) is 0.317. The SMILES string of the molecule is CCCN(CC)CCNCCOCCO. The highest BCUT2D eigenvalue weighted by Crippen LogP contribution is 1.88. The highest BCUT2D eigenvalue weighted by Gasteiger charge is 1.98. The van der Waals surface area contributed by atoms with E-state index in [9.17, 15) is 0 Å². The molecule has 0 amide bonds. The molecule has 0 unspecified atom stereocenters. The number of nitrogens with one attached hydrogen (secondary N) is 1. The van der Waals surface area contributed by atoms with Crippen molar-refractivity contribution in [1.29, 1.82) is 0 Å². The summed E-state index contributed by atoms with van der Waals surface area (Å²) >= 11 is 0. The number of aliphatic hydroxyl groups excluding tert-OH is 1. The lowest BCUT2D eigenvalue weighted by Crippen LogP contribution is -2.33. The first-order chi connectivity index (χ1) is 7.35. The van der Waals surface area contributed by atoms with Gasteiger partial charge in [0.2, 0.25) is 0 Å². The van der Waals surface area contributed by atoms with Gasteiger partial charge in [-0.1, -0.05) is 13.8 Å². The Bertz CT molecular complexity index is 123. The second-order valence-electron chi connectivity index (χ2n) is 3.52. The topological polar surface area (TPSA) is 44.7 Å². The summed E-state index contributed by atoms with van der Waals surface area (Å²) in [7, 11) is 0. The van der Waals surface area contributed by atoms with E-state index >= 15 is 0 Å². The third-order valence-electron chi connectivity index (χ3n) is 2.25. The van der Waals surface area contributed by atoms with Crippen molar-refractivity contribution in [2.75, 3.05) is 52.5 Å². The summed E-state index contributed by atoms with van der Waals surface area (Å²) in [6.07, 6.45) is 1.22. The highest BCUT2D eigenvalue weighted by atomic mass is 16.5. The minimum Gasteiger partial charge on any atom is -0.394 e. The number of nitrogens with zero attached hydrogens (tertiary/aromatic N) is 1. The van der Waals surface area contributed by atoms with Crippen LogP contribution in [0, 0.1) is 0 Å². The van der Waals surface area contributed by atoms with E-state index in [1.807, 2.05) is 0 Å². The van der Waals surface area contributed by atoms with Crippen molar-refractivity contribution in [3.05, 3.63) is 0 Å². The molecule has 0 radical (unpaired) electrons. The molecule has 0 saturated carbocycles. The summed E-state index contributed by atoms with van der Waals surface area (Å²) < 4.78 is 5.14. The molecule has 0 saturated heterocycles. The van der Waals surface area contributed by atoms with Crippen LogP contribution in [0.1, 0.15) is 20.3 Å². The largest absolute Gasteiger partial charge is 0.394 e. The Morgan fingerprint density at radius 3 is 2.53 bits per heavy atom. The van der Waals surface area contributed by atoms with Crippen molar-refractivity contribution in [2.45, 2.75) is 20.3 Å². The average molecular weight is 218 g/mol. The van der Waals surface area contributed by atoms with Crippen LogP contribution in [0.25, 0.3) is 0 Å². The van der Waals surface area contributed by atoms with Crippen LogP contribution in [0.2, 0.25) is 0 Å². The Morgan fingerprint density at radius 2 is 1.93 bits per heavy atom. The maximum atomic E-state index is 8.48. The van der Waals surface area contributed by atoms with Crippen molar-refractivity contribution in [1.82, 2.24) is 10.2 Å². The minimum atomic E-state index is 0.111. The van der Waals surface area contributed by atoms with Crippen LogP contribution in [0.15, 0.2) is 0 Å². The van der Waals surface area contributed by atoms with Gasteiger partial charge in [0.1, 0.15) is 0 Å². The van der Waals surface area contributed by atoms with Crippen LogP contribution in [0.4, 0.5) is 0 Å². The zero-order valence-corrected chi connectivity index (χ0v) is 10.2. The molecule has 0 aromatic rings. The molecule has 15 heavy (non-hydrogen) atoms. The van der Waals surface area contributed by atoms with Crippen LogP contribution in [-0.2, 0) is 4.74 Å². The summed E-state index contributed by atoms with van der Waals surface area (Å²) in [6, 6.07) is 0. The maximum absolute atomic E-state index is 8.48. The van der Waals surface area contributed by atoms with Crippen molar-refractivity contribution in [3.8, 4) is 0 Å². The van der Waals surface area contributed by atoms with Crippen LogP contribution < -0.4 is 5.32 Å². The summed E-state index contributed by atoms with van der Waals surface area (Å²) in [4.78, 5) is 2.43. The molecule has 0 spiro atoms. The molecule has 0 fully saturated rings. The van der Waals surface area contributed by atoms with Gasteiger partial charge in [-0.2, -0.15) is 0 Å². The Balaban J connectivity index is 3.14. The second-order valence-corrected chi connectivity index (χ2v) is 3.52. The number of rotatable bonds is 11. The maximum Gasteiger partial charge on any atom is 0.0698 e. The van der Waals surface area contributed by atoms with Gasteiger partial charge in [0, 0.05) is 19.6 Å². The van der Waals surface area contributed by atoms with Gasteiger partial charge in [-0.15, -0.1) is 0 Å². The van der Waals surface area contributed by atoms with Crippen molar-refractivity contribution in [3.63, 3.8) is 0 Å². The lowest BCUT2D eigenvalue weighted by molar-refractivity contribution is 0.0936. The fourth-order valence-electron chi connectivity index (χ4n) is 1.42. The molecule has 0 aromatic heterocycles. The van der Waals surface area contributed by atoms with Crippen molar-refractivity contribution >= 4 is 0 Å². The fraction of sp³-hybridized carbons (Fsp3) is 1.00. The fourth-order valence-corrected chi connectivity index (χ4v) is 1.42. The molecule has 0 aliphatic carbocycles. The van der Waals surface area contributed by atoms with Gasteiger partial charge in [-0.3, -0.25) is 0 Å². The zero-order valence-electron chi connectivity index (χ0n) is 10.2. The average Bonchev–Trinajstić information content (AvgIpc) is 2.26. The molecule has 92 valence electrons. The summed E-state index contributed by atoms with van der Waals surface area (Å²) in [5.41, 5.74) is 0. The van der Waals surface area contributed by atoms with Crippen LogP contribution in [0.5, 0.6) is 0 Å². The molecule has 4 heteroatoms. The standard InChI is InChI=1S/C11H26N2O2/c1-3-7-13(4-2)8-5-12-6-10-15-11-9-14/h12,14H,3-11H2,1-2H3. The third-order valence-corrected chi connectivity index (χ3v) is 2.25. The molecule has 0 aromatic carbocycles. The number of hydrogen-bond donors (Lipinski definition) is 2. The van der Waals surface area contributed by atoms with E-state index in [2.05, 4.69) is 24.1 Å². The molecule has 0 bridgehead atoms. The van der Waals surface area contributed by atoms with E-state index in [4.69, 9.17) is 9.84 Å². The zero-order chi connectivity index (χ0) is 11.4. The van der Waals surface area contributed by atoms with Gasteiger partial charge >= 0.3 is 0 Å². The molecule has 4 nitrogen and oxygen atoms in total. The number of ether oxygens (including phenoxy) is 1. The number of likely N-dealkylation sites (N-methyl/N-ethyl adjacent to an activating group) is 1. The van der Waals surface area contributed by atoms with Gasteiger partial charge in [-0.05, 0) is 19.5 Å². The van der Waals surface area contributed by atoms with E-state index in [1.54, 1.807) is 0 Å². The predicted molar refractivity (Wildman–Crippen MR) is 63.2 cm³/mol. The lowest BCUT2D eigenvalue weighted by Gasteiger charge is -2.19. The normalized spacial score (nSPS) is 11.2. The molecular weight excluding hydrogens is 192 g/mol. The van der Waals surface area contributed by atoms with E-state index in [0.717, 1.165) is 26.2 Å². The van der Waals surface area contributed by atoms with E-state index in [-0.39, 0.29) is 6.61 Å². The molecular formula is C11H26N2O2. The smallest absolute Gasteiger partial charge is 0.0698 e. The highest BCUT2D eigenvalue weighted by molar-refractivity contribution is 4.56. The molecule has 2 N–H and O–H groups in total. The lowest BCUT2D eigenvalue weighted by atomic mass is 10.4. The Labute approximate surface area is 93.6 Å². The van der Waals surface area contributed by atoms with Crippen LogP contribution >= 0.6 is 0 Å². The molecule has 0 rings (SSSR count). The van der Waals surface area contributed by atoms with Crippen LogP contribution in [-0.4, -0.2) is 62.6 Å². The Hall–Kier alpha value is -0.160. The molecule has 0 aliphatic heterocycles. The number of hydrogen-bond acceptors (Lipinski definition) is 4. The summed E-state index contributed by atoms with van der Waals surface area (Å²) in [5, 5.41) is 11.8. The van der Waals surface area contributed by atoms with Crippen LogP contribution in [0.3, 0.4) is 0 Å². The van der Waals surface area contributed by atoms with E-state index in [0.29, 0.717) is 13.2 Å². The summed E-state index contributed by atoms with van der Waals surface area (Å²) in [5.74, 6) is 0. The Kier molecular flexibility index (Phi) is 11.8. The molecule has 0 atom stereocenters. The van der Waals surface area contributed by atoms with Gasteiger partial charge in [0.05, 0.1) is 19.8 Å². The third kappa shape index (κ3) is 10.1.